The number of para-hydroxylation sites is 1. The van der Waals surface area contributed by atoms with E-state index in [9.17, 15) is 14.9 Å². The third-order valence-electron chi connectivity index (χ3n) is 5.15. The summed E-state index contributed by atoms with van der Waals surface area (Å²) < 4.78 is 6.36. The van der Waals surface area contributed by atoms with Crippen molar-refractivity contribution in [3.63, 3.8) is 0 Å². The largest absolute Gasteiger partial charge is 0.494 e. The van der Waals surface area contributed by atoms with Crippen molar-refractivity contribution >= 4 is 38.8 Å². The van der Waals surface area contributed by atoms with Gasteiger partial charge < -0.3 is 15.0 Å². The summed E-state index contributed by atoms with van der Waals surface area (Å²) in [4.78, 5) is 29.0. The highest BCUT2D eigenvalue weighted by atomic mass is 32.1. The second-order valence-electron chi connectivity index (χ2n) is 6.99. The molecule has 3 aromatic rings. The molecule has 1 aliphatic heterocycles. The second kappa shape index (κ2) is 8.14. The number of likely N-dealkylation sites (tertiary alicyclic amines) is 1. The van der Waals surface area contributed by atoms with Crippen LogP contribution in [-0.2, 0) is 4.79 Å². The first-order valence-electron chi connectivity index (χ1n) is 9.37. The zero-order valence-electron chi connectivity index (χ0n) is 15.9. The number of carbonyl (C=O) groups is 1. The van der Waals surface area contributed by atoms with Crippen molar-refractivity contribution in [2.45, 2.75) is 18.9 Å². The average Bonchev–Trinajstić information content (AvgIpc) is 3.34. The van der Waals surface area contributed by atoms with Crippen molar-refractivity contribution in [2.24, 2.45) is 0 Å². The van der Waals surface area contributed by atoms with Gasteiger partial charge in [0.25, 0.3) is 11.6 Å². The lowest BCUT2D eigenvalue weighted by Gasteiger charge is -2.19. The number of quaternary nitrogens is 1. The van der Waals surface area contributed by atoms with Crippen LogP contribution in [0.4, 0.5) is 11.4 Å². The number of hydrogen-bond donors (Lipinski definition) is 2. The summed E-state index contributed by atoms with van der Waals surface area (Å²) in [6, 6.07) is 12.4. The Kier molecular flexibility index (Phi) is 5.41. The summed E-state index contributed by atoms with van der Waals surface area (Å²) in [6.07, 6.45) is 2.05. The number of aromatic nitrogens is 1. The van der Waals surface area contributed by atoms with Crippen LogP contribution in [0.15, 0.2) is 42.5 Å². The number of thiazole rings is 1. The number of amides is 1. The van der Waals surface area contributed by atoms with E-state index in [4.69, 9.17) is 9.72 Å². The minimum Gasteiger partial charge on any atom is -0.494 e. The number of methoxy groups -OCH3 is 1. The lowest BCUT2D eigenvalue weighted by Crippen LogP contribution is -3.11. The maximum Gasteiger partial charge on any atom is 0.279 e. The van der Waals surface area contributed by atoms with Crippen molar-refractivity contribution < 1.29 is 19.4 Å². The van der Waals surface area contributed by atoms with E-state index < -0.39 is 4.92 Å². The monoisotopic (exact) mass is 413 g/mol. The number of nitrogens with zero attached hydrogens (tertiary/aromatic N) is 2. The molecule has 0 aliphatic carbocycles. The van der Waals surface area contributed by atoms with Crippen LogP contribution >= 0.6 is 11.3 Å². The first kappa shape index (κ1) is 19.3. The molecule has 1 unspecified atom stereocenters. The smallest absolute Gasteiger partial charge is 0.279 e. The average molecular weight is 413 g/mol. The van der Waals surface area contributed by atoms with Gasteiger partial charge in [-0.1, -0.05) is 12.1 Å². The number of nitro groups is 1. The topological polar surface area (TPSA) is 98.8 Å². The van der Waals surface area contributed by atoms with Crippen LogP contribution in [0.1, 0.15) is 23.9 Å². The van der Waals surface area contributed by atoms with Gasteiger partial charge in [-0.05, 0) is 18.2 Å². The molecule has 0 saturated carbocycles. The molecule has 4 rings (SSSR count). The van der Waals surface area contributed by atoms with Gasteiger partial charge in [0.1, 0.15) is 11.8 Å². The van der Waals surface area contributed by atoms with Crippen molar-refractivity contribution in [2.75, 3.05) is 25.5 Å². The van der Waals surface area contributed by atoms with Gasteiger partial charge in [0.05, 0.1) is 40.5 Å². The second-order valence-corrected chi connectivity index (χ2v) is 8.05. The Labute approximate surface area is 171 Å². The fourth-order valence-electron chi connectivity index (χ4n) is 3.76. The van der Waals surface area contributed by atoms with Crippen LogP contribution in [0.2, 0.25) is 0 Å². The summed E-state index contributed by atoms with van der Waals surface area (Å²) in [6.45, 7) is 1.21. The fraction of sp³-hybridized carbons (Fsp3) is 0.300. The van der Waals surface area contributed by atoms with Gasteiger partial charge in [0, 0.05) is 18.9 Å². The van der Waals surface area contributed by atoms with E-state index in [-0.39, 0.29) is 23.4 Å². The van der Waals surface area contributed by atoms with Gasteiger partial charge in [-0.25, -0.2) is 4.98 Å². The number of anilines is 1. The number of hydrogen-bond acceptors (Lipinski definition) is 6. The molecule has 0 bridgehead atoms. The molecule has 0 spiro atoms. The van der Waals surface area contributed by atoms with Gasteiger partial charge in [-0.3, -0.25) is 14.9 Å². The highest BCUT2D eigenvalue weighted by molar-refractivity contribution is 7.18. The van der Waals surface area contributed by atoms with E-state index in [2.05, 4.69) is 11.4 Å². The molecule has 1 aromatic heterocycles. The van der Waals surface area contributed by atoms with Gasteiger partial charge >= 0.3 is 0 Å². The summed E-state index contributed by atoms with van der Waals surface area (Å²) in [5.74, 6) is 0.117. The summed E-state index contributed by atoms with van der Waals surface area (Å²) in [5, 5.41) is 14.8. The maximum atomic E-state index is 12.7. The predicted molar refractivity (Wildman–Crippen MR) is 111 cm³/mol. The van der Waals surface area contributed by atoms with Crippen LogP contribution in [0.3, 0.4) is 0 Å². The number of carbonyl (C=O) groups excluding carboxylic acids is 1. The third-order valence-corrected chi connectivity index (χ3v) is 6.30. The molecular formula is C20H21N4O4S+. The van der Waals surface area contributed by atoms with Crippen molar-refractivity contribution in [1.82, 2.24) is 4.98 Å². The van der Waals surface area contributed by atoms with Crippen LogP contribution < -0.4 is 15.0 Å². The molecule has 29 heavy (non-hydrogen) atoms. The highest BCUT2D eigenvalue weighted by Gasteiger charge is 2.34. The Bertz CT molecular complexity index is 1030. The number of nitro benzene ring substituents is 1. The summed E-state index contributed by atoms with van der Waals surface area (Å²) >= 11 is 1.69. The molecule has 1 fully saturated rings. The van der Waals surface area contributed by atoms with E-state index in [1.165, 1.54) is 30.2 Å². The van der Waals surface area contributed by atoms with Crippen LogP contribution in [0, 0.1) is 10.1 Å². The Morgan fingerprint density at radius 3 is 2.97 bits per heavy atom. The molecule has 2 aromatic carbocycles. The number of rotatable bonds is 6. The van der Waals surface area contributed by atoms with Crippen LogP contribution in [0.25, 0.3) is 10.2 Å². The number of non-ortho nitro benzene ring substituents is 1. The minimum absolute atomic E-state index is 0.0825. The Hall–Kier alpha value is -3.04. The first-order valence-corrected chi connectivity index (χ1v) is 10.2. The summed E-state index contributed by atoms with van der Waals surface area (Å²) in [7, 11) is 1.42. The van der Waals surface area contributed by atoms with Crippen molar-refractivity contribution in [3.05, 3.63) is 57.6 Å². The minimum atomic E-state index is -0.495. The molecule has 1 saturated heterocycles. The molecular weight excluding hydrogens is 392 g/mol. The third kappa shape index (κ3) is 4.06. The van der Waals surface area contributed by atoms with Crippen LogP contribution in [0.5, 0.6) is 5.75 Å². The van der Waals surface area contributed by atoms with E-state index in [1.807, 2.05) is 18.2 Å². The van der Waals surface area contributed by atoms with Crippen molar-refractivity contribution in [3.8, 4) is 5.75 Å². The van der Waals surface area contributed by atoms with Gasteiger partial charge in [-0.15, -0.1) is 11.3 Å². The lowest BCUT2D eigenvalue weighted by atomic mass is 10.2. The molecule has 1 aliphatic rings. The SMILES string of the molecule is COc1cc([N+](=O)[O-])ccc1NC(=O)C[NH+]1CCC[C@H]1c1nc2ccccc2s1. The molecule has 150 valence electrons. The number of fused-ring (bicyclic) bond motifs is 1. The van der Waals surface area contributed by atoms with E-state index in [1.54, 1.807) is 11.3 Å². The van der Waals surface area contributed by atoms with E-state index in [0.29, 0.717) is 12.2 Å². The Morgan fingerprint density at radius 2 is 2.21 bits per heavy atom. The zero-order chi connectivity index (χ0) is 20.4. The summed E-state index contributed by atoms with van der Waals surface area (Å²) in [5.41, 5.74) is 1.35. The zero-order valence-corrected chi connectivity index (χ0v) is 16.7. The molecule has 9 heteroatoms. The maximum absolute atomic E-state index is 12.7. The van der Waals surface area contributed by atoms with Gasteiger partial charge in [0.2, 0.25) is 0 Å². The molecule has 2 atom stereocenters. The van der Waals surface area contributed by atoms with Gasteiger partial charge in [0.15, 0.2) is 11.6 Å². The quantitative estimate of drug-likeness (QED) is 0.478. The lowest BCUT2D eigenvalue weighted by molar-refractivity contribution is -0.910. The molecule has 2 heterocycles. The standard InChI is InChI=1S/C20H20N4O4S/c1-28-17-11-13(24(26)27)8-9-14(17)21-19(25)12-23-10-4-6-16(23)20-22-15-5-2-3-7-18(15)29-20/h2-3,5,7-9,11,16H,4,6,10,12H2,1H3,(H,21,25)/p+1/t16-/m0/s1. The molecule has 0 radical (unpaired) electrons. The van der Waals surface area contributed by atoms with Crippen LogP contribution in [-0.4, -0.2) is 36.0 Å². The fourth-order valence-corrected chi connectivity index (χ4v) is 4.92. The number of nitrogens with one attached hydrogen (secondary N) is 2. The first-order chi connectivity index (χ1) is 14.0. The molecule has 1 amide bonds. The Morgan fingerprint density at radius 1 is 1.38 bits per heavy atom. The molecule has 8 nitrogen and oxygen atoms in total. The molecule has 2 N–H and O–H groups in total. The van der Waals surface area contributed by atoms with E-state index in [0.717, 1.165) is 34.6 Å². The van der Waals surface area contributed by atoms with Crippen molar-refractivity contribution in [1.29, 1.82) is 0 Å². The van der Waals surface area contributed by atoms with Gasteiger partial charge in [-0.2, -0.15) is 0 Å². The van der Waals surface area contributed by atoms with E-state index >= 15 is 0 Å². The normalized spacial score (nSPS) is 18.7. The number of benzene rings is 2. The number of ether oxygens (including phenoxy) is 1. The Balaban J connectivity index is 1.47. The predicted octanol–water partition coefficient (Wildman–Crippen LogP) is 2.57. The highest BCUT2D eigenvalue weighted by Crippen LogP contribution is 2.30.